The van der Waals surface area contributed by atoms with Crippen LogP contribution in [0.2, 0.25) is 0 Å². The van der Waals surface area contributed by atoms with Crippen LogP contribution < -0.4 is 14.8 Å². The predicted molar refractivity (Wildman–Crippen MR) is 134 cm³/mol. The summed E-state index contributed by atoms with van der Waals surface area (Å²) < 4.78 is 10.4. The number of ether oxygens (including phenoxy) is 2. The van der Waals surface area contributed by atoms with Gasteiger partial charge in [0, 0.05) is 41.7 Å². The van der Waals surface area contributed by atoms with Gasteiger partial charge in [0.05, 0.1) is 14.2 Å². The first-order valence-corrected chi connectivity index (χ1v) is 12.1. The summed E-state index contributed by atoms with van der Waals surface area (Å²) in [5.74, 6) is 1.33. The molecule has 0 atom stereocenters. The summed E-state index contributed by atoms with van der Waals surface area (Å²) in [4.78, 5) is 30.7. The Morgan fingerprint density at radius 3 is 2.43 bits per heavy atom. The average molecular weight is 492 g/mol. The van der Waals surface area contributed by atoms with Gasteiger partial charge in [-0.2, -0.15) is 0 Å². The van der Waals surface area contributed by atoms with E-state index in [1.165, 1.54) is 11.3 Å². The summed E-state index contributed by atoms with van der Waals surface area (Å²) in [7, 11) is 3.21. The molecule has 0 spiro atoms. The van der Waals surface area contributed by atoms with Crippen LogP contribution in [-0.4, -0.2) is 59.2 Å². The van der Waals surface area contributed by atoms with Crippen LogP contribution in [0.1, 0.15) is 44.1 Å². The molecule has 1 aliphatic heterocycles. The zero-order valence-electron chi connectivity index (χ0n) is 19.4. The van der Waals surface area contributed by atoms with Gasteiger partial charge in [0.15, 0.2) is 0 Å². The molecule has 0 saturated carbocycles. The molecule has 3 heterocycles. The van der Waals surface area contributed by atoms with Crippen LogP contribution in [0.4, 0.5) is 5.69 Å². The molecule has 1 saturated heterocycles. The van der Waals surface area contributed by atoms with Crippen LogP contribution in [0, 0.1) is 0 Å². The number of H-pyrrole nitrogens is 1. The number of aromatic nitrogens is 3. The number of piperidine rings is 1. The summed E-state index contributed by atoms with van der Waals surface area (Å²) in [6.07, 6.45) is 1.54. The van der Waals surface area contributed by atoms with Gasteiger partial charge in [-0.1, -0.05) is 11.3 Å². The van der Waals surface area contributed by atoms with E-state index in [1.54, 1.807) is 38.5 Å². The second kappa shape index (κ2) is 9.75. The number of hydrogen-bond acceptors (Lipinski definition) is 7. The van der Waals surface area contributed by atoms with Crippen molar-refractivity contribution in [2.75, 3.05) is 32.6 Å². The highest BCUT2D eigenvalue weighted by atomic mass is 32.1. The number of anilines is 1. The van der Waals surface area contributed by atoms with E-state index in [4.69, 9.17) is 9.47 Å². The van der Waals surface area contributed by atoms with E-state index in [2.05, 4.69) is 20.5 Å². The van der Waals surface area contributed by atoms with Crippen LogP contribution in [0.3, 0.4) is 0 Å². The number of amides is 2. The van der Waals surface area contributed by atoms with Crippen molar-refractivity contribution >= 4 is 39.7 Å². The monoisotopic (exact) mass is 491 g/mol. The number of methoxy groups -OCH3 is 2. The highest BCUT2D eigenvalue weighted by molar-refractivity contribution is 7.13. The summed E-state index contributed by atoms with van der Waals surface area (Å²) in [5.41, 5.74) is 2.10. The van der Waals surface area contributed by atoms with E-state index in [9.17, 15) is 9.59 Å². The first-order chi connectivity index (χ1) is 17.0. The normalized spacial score (nSPS) is 14.2. The smallest absolute Gasteiger partial charge is 0.286 e. The zero-order valence-corrected chi connectivity index (χ0v) is 20.2. The van der Waals surface area contributed by atoms with Gasteiger partial charge >= 0.3 is 0 Å². The SMILES string of the molecule is COc1ccc(NC(=O)c2nnc(C3CCN(C(=O)c4cc5ccc(OC)cc5[nH]4)CC3)s2)cc1. The van der Waals surface area contributed by atoms with Gasteiger partial charge in [-0.05, 0) is 55.3 Å². The largest absolute Gasteiger partial charge is 0.497 e. The number of likely N-dealkylation sites (tertiary alicyclic amines) is 1. The lowest BCUT2D eigenvalue weighted by atomic mass is 9.97. The number of carbonyl (C=O) groups excluding carboxylic acids is 2. The van der Waals surface area contributed by atoms with E-state index in [0.29, 0.717) is 29.5 Å². The van der Waals surface area contributed by atoms with Crippen molar-refractivity contribution in [2.24, 2.45) is 0 Å². The fourth-order valence-electron chi connectivity index (χ4n) is 4.20. The standard InChI is InChI=1S/C25H25N5O4S/c1-33-18-7-4-17(5-8-18)26-22(31)24-29-28-23(35-24)15-9-11-30(12-10-15)25(32)21-13-16-3-6-19(34-2)14-20(16)27-21/h3-8,13-15,27H,9-12H2,1-2H3,(H,26,31). The molecule has 0 bridgehead atoms. The van der Waals surface area contributed by atoms with Crippen LogP contribution in [0.25, 0.3) is 10.9 Å². The lowest BCUT2D eigenvalue weighted by Crippen LogP contribution is -2.38. The summed E-state index contributed by atoms with van der Waals surface area (Å²) in [6.45, 7) is 1.24. The third-order valence-corrected chi connectivity index (χ3v) is 7.26. The van der Waals surface area contributed by atoms with Gasteiger partial charge in [0.25, 0.3) is 11.8 Å². The molecular formula is C25H25N5O4S. The minimum absolute atomic E-state index is 0.0181. The number of aromatic amines is 1. The Kier molecular flexibility index (Phi) is 6.37. The van der Waals surface area contributed by atoms with Crippen LogP contribution in [0.15, 0.2) is 48.5 Å². The van der Waals surface area contributed by atoms with Gasteiger partial charge in [-0.3, -0.25) is 9.59 Å². The molecule has 1 aliphatic rings. The second-order valence-corrected chi connectivity index (χ2v) is 9.34. The Morgan fingerprint density at radius 1 is 1.00 bits per heavy atom. The molecule has 2 N–H and O–H groups in total. The molecule has 10 heteroatoms. The second-order valence-electron chi connectivity index (χ2n) is 8.33. The van der Waals surface area contributed by atoms with E-state index in [-0.39, 0.29) is 17.7 Å². The lowest BCUT2D eigenvalue weighted by Gasteiger charge is -2.30. The molecule has 0 radical (unpaired) electrons. The molecule has 35 heavy (non-hydrogen) atoms. The number of fused-ring (bicyclic) bond motifs is 1. The summed E-state index contributed by atoms with van der Waals surface area (Å²) in [6, 6.07) is 14.7. The zero-order chi connectivity index (χ0) is 24.4. The maximum absolute atomic E-state index is 13.1. The number of nitrogens with zero attached hydrogens (tertiary/aromatic N) is 3. The van der Waals surface area contributed by atoms with Gasteiger partial charge in [-0.25, -0.2) is 0 Å². The van der Waals surface area contributed by atoms with Gasteiger partial charge in [0.2, 0.25) is 5.01 Å². The number of rotatable bonds is 6. The highest BCUT2D eigenvalue weighted by Crippen LogP contribution is 2.31. The topological polar surface area (TPSA) is 109 Å². The maximum Gasteiger partial charge on any atom is 0.286 e. The van der Waals surface area contributed by atoms with Crippen molar-refractivity contribution < 1.29 is 19.1 Å². The predicted octanol–water partition coefficient (Wildman–Crippen LogP) is 4.31. The molecule has 0 unspecified atom stereocenters. The minimum Gasteiger partial charge on any atom is -0.497 e. The maximum atomic E-state index is 13.1. The Bertz CT molecular complexity index is 1360. The highest BCUT2D eigenvalue weighted by Gasteiger charge is 2.28. The van der Waals surface area contributed by atoms with Crippen LogP contribution >= 0.6 is 11.3 Å². The third-order valence-electron chi connectivity index (χ3n) is 6.17. The average Bonchev–Trinajstić information content (AvgIpc) is 3.56. The molecule has 0 aliphatic carbocycles. The molecule has 5 rings (SSSR count). The van der Waals surface area contributed by atoms with Gasteiger partial charge < -0.3 is 24.7 Å². The van der Waals surface area contributed by atoms with Crippen LogP contribution in [0.5, 0.6) is 11.5 Å². The quantitative estimate of drug-likeness (QED) is 0.416. The van der Waals surface area contributed by atoms with Crippen molar-refractivity contribution in [3.63, 3.8) is 0 Å². The number of benzene rings is 2. The Hall–Kier alpha value is -3.92. The van der Waals surface area contributed by atoms with E-state index in [1.807, 2.05) is 29.2 Å². The third kappa shape index (κ3) is 4.83. The van der Waals surface area contributed by atoms with Gasteiger partial charge in [-0.15, -0.1) is 10.2 Å². The Balaban J connectivity index is 1.19. The van der Waals surface area contributed by atoms with Crippen molar-refractivity contribution in [3.05, 3.63) is 64.2 Å². The van der Waals surface area contributed by atoms with Crippen molar-refractivity contribution in [2.45, 2.75) is 18.8 Å². The number of hydrogen-bond donors (Lipinski definition) is 2. The van der Waals surface area contributed by atoms with Gasteiger partial charge in [0.1, 0.15) is 22.2 Å². The van der Waals surface area contributed by atoms with E-state index in [0.717, 1.165) is 40.3 Å². The molecule has 180 valence electrons. The molecule has 1 fully saturated rings. The Morgan fingerprint density at radius 2 is 1.71 bits per heavy atom. The van der Waals surface area contributed by atoms with Crippen molar-refractivity contribution in [3.8, 4) is 11.5 Å². The summed E-state index contributed by atoms with van der Waals surface area (Å²) in [5, 5.41) is 13.3. The summed E-state index contributed by atoms with van der Waals surface area (Å²) >= 11 is 1.31. The first-order valence-electron chi connectivity index (χ1n) is 11.3. The fraction of sp³-hybridized carbons (Fsp3) is 0.280. The molecule has 9 nitrogen and oxygen atoms in total. The van der Waals surface area contributed by atoms with Crippen LogP contribution in [-0.2, 0) is 0 Å². The molecule has 4 aromatic rings. The fourth-order valence-corrected chi connectivity index (χ4v) is 5.11. The number of carbonyl (C=O) groups is 2. The van der Waals surface area contributed by atoms with Crippen molar-refractivity contribution in [1.29, 1.82) is 0 Å². The minimum atomic E-state index is -0.290. The van der Waals surface area contributed by atoms with Crippen molar-refractivity contribution in [1.82, 2.24) is 20.1 Å². The lowest BCUT2D eigenvalue weighted by molar-refractivity contribution is 0.0707. The molecule has 2 aromatic carbocycles. The van der Waals surface area contributed by atoms with E-state index < -0.39 is 0 Å². The first kappa shape index (κ1) is 22.9. The van der Waals surface area contributed by atoms with E-state index >= 15 is 0 Å². The molecule has 2 aromatic heterocycles. The Labute approximate surface area is 206 Å². The number of nitrogens with one attached hydrogen (secondary N) is 2. The molecular weight excluding hydrogens is 466 g/mol. The molecule has 2 amide bonds.